The monoisotopic (exact) mass is 161 g/mol. The number of thioether (sulfide) groups is 1. The van der Waals surface area contributed by atoms with Crippen molar-refractivity contribution in [3.8, 4) is 0 Å². The van der Waals surface area contributed by atoms with Gasteiger partial charge in [0.05, 0.1) is 0 Å². The SMILES string of the molecule is CC1CC(O)(C(N)=O)CS1. The molecule has 0 saturated carbocycles. The molecule has 2 atom stereocenters. The molecule has 1 saturated heterocycles. The number of primary amides is 1. The molecule has 3 nitrogen and oxygen atoms in total. The number of carbonyl (C=O) groups excluding carboxylic acids is 1. The van der Waals surface area contributed by atoms with E-state index in [9.17, 15) is 9.90 Å². The van der Waals surface area contributed by atoms with E-state index in [1.54, 1.807) is 11.8 Å². The number of amides is 1. The molecule has 10 heavy (non-hydrogen) atoms. The Hall–Kier alpha value is -0.220. The third-order valence-corrected chi connectivity index (χ3v) is 3.07. The molecule has 0 aromatic heterocycles. The van der Waals surface area contributed by atoms with E-state index in [1.165, 1.54) is 0 Å². The van der Waals surface area contributed by atoms with Gasteiger partial charge in [0.2, 0.25) is 5.91 Å². The molecule has 1 aliphatic rings. The summed E-state index contributed by atoms with van der Waals surface area (Å²) < 4.78 is 0. The molecule has 1 aliphatic heterocycles. The predicted molar refractivity (Wildman–Crippen MR) is 40.7 cm³/mol. The van der Waals surface area contributed by atoms with Crippen LogP contribution in [0.5, 0.6) is 0 Å². The highest BCUT2D eigenvalue weighted by Gasteiger charge is 2.40. The molecule has 0 bridgehead atoms. The molecular formula is C6H11NO2S. The van der Waals surface area contributed by atoms with Gasteiger partial charge in [-0.2, -0.15) is 11.8 Å². The van der Waals surface area contributed by atoms with Crippen LogP contribution in [0.2, 0.25) is 0 Å². The first-order valence-electron chi connectivity index (χ1n) is 3.18. The average molecular weight is 161 g/mol. The molecule has 3 N–H and O–H groups in total. The summed E-state index contributed by atoms with van der Waals surface area (Å²) in [4.78, 5) is 10.6. The second-order valence-electron chi connectivity index (χ2n) is 2.72. The zero-order chi connectivity index (χ0) is 7.78. The van der Waals surface area contributed by atoms with Crippen LogP contribution in [0.25, 0.3) is 0 Å². The maximum atomic E-state index is 10.6. The van der Waals surface area contributed by atoms with Crippen LogP contribution >= 0.6 is 11.8 Å². The summed E-state index contributed by atoms with van der Waals surface area (Å²) in [5.41, 5.74) is 3.76. The van der Waals surface area contributed by atoms with Crippen LogP contribution < -0.4 is 5.73 Å². The van der Waals surface area contributed by atoms with Crippen molar-refractivity contribution in [2.75, 3.05) is 5.75 Å². The Kier molecular flexibility index (Phi) is 1.92. The second kappa shape index (κ2) is 2.43. The van der Waals surface area contributed by atoms with Crippen LogP contribution in [0.1, 0.15) is 13.3 Å². The zero-order valence-corrected chi connectivity index (χ0v) is 6.65. The molecular weight excluding hydrogens is 150 g/mol. The van der Waals surface area contributed by atoms with E-state index in [1.807, 2.05) is 6.92 Å². The molecule has 0 spiro atoms. The summed E-state index contributed by atoms with van der Waals surface area (Å²) >= 11 is 1.58. The van der Waals surface area contributed by atoms with Gasteiger partial charge < -0.3 is 10.8 Å². The summed E-state index contributed by atoms with van der Waals surface area (Å²) in [6, 6.07) is 0. The van der Waals surface area contributed by atoms with Gasteiger partial charge in [0, 0.05) is 11.0 Å². The van der Waals surface area contributed by atoms with Gasteiger partial charge in [-0.05, 0) is 6.42 Å². The summed E-state index contributed by atoms with van der Waals surface area (Å²) in [5.74, 6) is -0.145. The van der Waals surface area contributed by atoms with Crippen LogP contribution in [0, 0.1) is 0 Å². The van der Waals surface area contributed by atoms with Crippen molar-refractivity contribution in [3.05, 3.63) is 0 Å². The van der Waals surface area contributed by atoms with Crippen LogP contribution in [-0.4, -0.2) is 27.6 Å². The summed E-state index contributed by atoms with van der Waals surface area (Å²) in [6.45, 7) is 1.98. The van der Waals surface area contributed by atoms with Crippen LogP contribution in [0.3, 0.4) is 0 Å². The maximum absolute atomic E-state index is 10.6. The van der Waals surface area contributed by atoms with E-state index in [-0.39, 0.29) is 0 Å². The van der Waals surface area contributed by atoms with E-state index in [2.05, 4.69) is 0 Å². The first kappa shape index (κ1) is 7.88. The highest BCUT2D eigenvalue weighted by molar-refractivity contribution is 8.00. The normalized spacial score (nSPS) is 40.0. The van der Waals surface area contributed by atoms with E-state index in [0.717, 1.165) is 0 Å². The maximum Gasteiger partial charge on any atom is 0.250 e. The first-order chi connectivity index (χ1) is 4.54. The number of carbonyl (C=O) groups is 1. The molecule has 4 heteroatoms. The minimum atomic E-state index is -1.23. The van der Waals surface area contributed by atoms with Crippen molar-refractivity contribution >= 4 is 17.7 Å². The van der Waals surface area contributed by atoms with Gasteiger partial charge in [-0.3, -0.25) is 4.79 Å². The van der Waals surface area contributed by atoms with Gasteiger partial charge in [0.1, 0.15) is 0 Å². The molecule has 0 aromatic carbocycles. The molecule has 1 fully saturated rings. The number of aliphatic hydroxyl groups is 1. The van der Waals surface area contributed by atoms with Gasteiger partial charge in [0.25, 0.3) is 0 Å². The smallest absolute Gasteiger partial charge is 0.250 e. The van der Waals surface area contributed by atoms with Crippen molar-refractivity contribution in [1.82, 2.24) is 0 Å². The summed E-state index contributed by atoms with van der Waals surface area (Å²) in [6.07, 6.45) is 0.493. The Bertz CT molecular complexity index is 162. The number of rotatable bonds is 1. The molecule has 2 unspecified atom stereocenters. The van der Waals surface area contributed by atoms with Gasteiger partial charge in [-0.25, -0.2) is 0 Å². The van der Waals surface area contributed by atoms with Crippen LogP contribution in [0.15, 0.2) is 0 Å². The number of hydrogen-bond acceptors (Lipinski definition) is 3. The minimum absolute atomic E-state index is 0.345. The quantitative estimate of drug-likeness (QED) is 0.556. The van der Waals surface area contributed by atoms with E-state index in [4.69, 9.17) is 5.73 Å². The second-order valence-corrected chi connectivity index (χ2v) is 4.15. The molecule has 0 aliphatic carbocycles. The van der Waals surface area contributed by atoms with Crippen LogP contribution in [0.4, 0.5) is 0 Å². The fourth-order valence-corrected chi connectivity index (χ4v) is 2.26. The topological polar surface area (TPSA) is 63.3 Å². The highest BCUT2D eigenvalue weighted by Crippen LogP contribution is 2.33. The van der Waals surface area contributed by atoms with Gasteiger partial charge in [-0.1, -0.05) is 6.92 Å². The number of nitrogens with two attached hydrogens (primary N) is 1. The first-order valence-corrected chi connectivity index (χ1v) is 4.23. The molecule has 58 valence electrons. The third-order valence-electron chi connectivity index (χ3n) is 1.69. The molecule has 0 radical (unpaired) electrons. The van der Waals surface area contributed by atoms with E-state index < -0.39 is 11.5 Å². The van der Waals surface area contributed by atoms with Gasteiger partial charge in [-0.15, -0.1) is 0 Å². The van der Waals surface area contributed by atoms with Crippen molar-refractivity contribution in [2.45, 2.75) is 24.2 Å². The Balaban J connectivity index is 2.63. The summed E-state index contributed by atoms with van der Waals surface area (Å²) in [5, 5.41) is 9.79. The lowest BCUT2D eigenvalue weighted by Crippen LogP contribution is -2.44. The lowest BCUT2D eigenvalue weighted by atomic mass is 10.0. The Morgan fingerprint density at radius 2 is 2.50 bits per heavy atom. The lowest BCUT2D eigenvalue weighted by Gasteiger charge is -2.15. The van der Waals surface area contributed by atoms with Gasteiger partial charge >= 0.3 is 0 Å². The Labute approximate surface area is 64.0 Å². The average Bonchev–Trinajstić information content (AvgIpc) is 2.13. The third kappa shape index (κ3) is 1.27. The Morgan fingerprint density at radius 3 is 2.70 bits per heavy atom. The van der Waals surface area contributed by atoms with Crippen LogP contribution in [-0.2, 0) is 4.79 Å². The van der Waals surface area contributed by atoms with Crippen molar-refractivity contribution in [3.63, 3.8) is 0 Å². The highest BCUT2D eigenvalue weighted by atomic mass is 32.2. The fraction of sp³-hybridized carbons (Fsp3) is 0.833. The minimum Gasteiger partial charge on any atom is -0.379 e. The largest absolute Gasteiger partial charge is 0.379 e. The van der Waals surface area contributed by atoms with E-state index in [0.29, 0.717) is 17.4 Å². The standard InChI is InChI=1S/C6H11NO2S/c1-4-2-6(9,3-10-4)5(7)8/h4,9H,2-3H2,1H3,(H2,7,8). The predicted octanol–water partition coefficient (Wildman–Crippen LogP) is -0.272. The van der Waals surface area contributed by atoms with E-state index >= 15 is 0 Å². The summed E-state index contributed by atoms with van der Waals surface area (Å²) in [7, 11) is 0. The molecule has 0 aromatic rings. The molecule has 1 rings (SSSR count). The lowest BCUT2D eigenvalue weighted by molar-refractivity contribution is -0.133. The van der Waals surface area contributed by atoms with Gasteiger partial charge in [0.15, 0.2) is 5.60 Å². The Morgan fingerprint density at radius 1 is 1.90 bits per heavy atom. The van der Waals surface area contributed by atoms with Crippen molar-refractivity contribution < 1.29 is 9.90 Å². The van der Waals surface area contributed by atoms with Crippen molar-refractivity contribution in [1.29, 1.82) is 0 Å². The van der Waals surface area contributed by atoms with Crippen molar-refractivity contribution in [2.24, 2.45) is 5.73 Å². The number of hydrogen-bond donors (Lipinski definition) is 2. The zero-order valence-electron chi connectivity index (χ0n) is 5.83. The fourth-order valence-electron chi connectivity index (χ4n) is 1.05. The molecule has 1 heterocycles. The molecule has 1 amide bonds.